The molecule has 2 rings (SSSR count). The molecule has 0 bridgehead atoms. The minimum atomic E-state index is -3.96. The van der Waals surface area contributed by atoms with E-state index in [-0.39, 0.29) is 21.2 Å². The minimum Gasteiger partial charge on any atom is -0.258 e. The molecule has 0 aliphatic heterocycles. The molecule has 0 aliphatic carbocycles. The van der Waals surface area contributed by atoms with E-state index in [1.165, 1.54) is 18.2 Å². The first kappa shape index (κ1) is 14.6. The summed E-state index contributed by atoms with van der Waals surface area (Å²) in [5.74, 6) is 0. The average Bonchev–Trinajstić information content (AvgIpc) is 2.47. The van der Waals surface area contributed by atoms with Crippen molar-refractivity contribution < 1.29 is 18.3 Å². The van der Waals surface area contributed by atoms with Gasteiger partial charge in [0.25, 0.3) is 11.4 Å². The minimum absolute atomic E-state index is 0.173. The molecular formula is C12H8N2O6S. The number of nitrogens with zero attached hydrogens (tertiary/aromatic N) is 2. The molecule has 0 amide bonds. The Morgan fingerprint density at radius 1 is 0.762 bits per heavy atom. The van der Waals surface area contributed by atoms with E-state index in [0.29, 0.717) is 0 Å². The van der Waals surface area contributed by atoms with Gasteiger partial charge >= 0.3 is 0 Å². The lowest BCUT2D eigenvalue weighted by molar-refractivity contribution is -0.385. The molecule has 0 saturated heterocycles. The van der Waals surface area contributed by atoms with E-state index >= 15 is 0 Å². The maximum Gasteiger partial charge on any atom is 0.270 e. The number of hydrogen-bond acceptors (Lipinski definition) is 6. The molecule has 0 radical (unpaired) electrons. The molecule has 0 saturated carbocycles. The molecule has 0 aromatic heterocycles. The predicted octanol–water partition coefficient (Wildman–Crippen LogP) is 2.34. The number of nitro groups is 2. The van der Waals surface area contributed by atoms with Gasteiger partial charge in [-0.15, -0.1) is 0 Å². The lowest BCUT2D eigenvalue weighted by atomic mass is 10.3. The Morgan fingerprint density at radius 3 is 1.86 bits per heavy atom. The Labute approximate surface area is 118 Å². The fraction of sp³-hybridized carbons (Fsp3) is 0. The van der Waals surface area contributed by atoms with Gasteiger partial charge in [0.2, 0.25) is 9.84 Å². The van der Waals surface area contributed by atoms with Crippen molar-refractivity contribution in [3.63, 3.8) is 0 Å². The number of hydrogen-bond donors (Lipinski definition) is 0. The molecule has 8 nitrogen and oxygen atoms in total. The van der Waals surface area contributed by atoms with Crippen LogP contribution in [0.15, 0.2) is 58.3 Å². The number of sulfone groups is 1. The Balaban J connectivity index is 2.49. The van der Waals surface area contributed by atoms with Gasteiger partial charge in [0.1, 0.15) is 0 Å². The molecule has 0 fully saturated rings. The van der Waals surface area contributed by atoms with Gasteiger partial charge in [-0.25, -0.2) is 8.42 Å². The van der Waals surface area contributed by atoms with E-state index < -0.39 is 19.7 Å². The van der Waals surface area contributed by atoms with Crippen molar-refractivity contribution >= 4 is 21.2 Å². The highest BCUT2D eigenvalue weighted by molar-refractivity contribution is 7.91. The normalized spacial score (nSPS) is 11.0. The van der Waals surface area contributed by atoms with Gasteiger partial charge in [-0.1, -0.05) is 6.07 Å². The summed E-state index contributed by atoms with van der Waals surface area (Å²) in [6, 6.07) is 8.90. The third-order valence-corrected chi connectivity index (χ3v) is 4.46. The number of non-ortho nitro benzene ring substituents is 2. The molecule has 0 spiro atoms. The monoisotopic (exact) mass is 308 g/mol. The molecule has 9 heteroatoms. The van der Waals surface area contributed by atoms with Crippen LogP contribution in [0.2, 0.25) is 0 Å². The molecule has 0 heterocycles. The van der Waals surface area contributed by atoms with Crippen molar-refractivity contribution in [2.75, 3.05) is 0 Å². The Bertz CT molecular complexity index is 814. The lowest BCUT2D eigenvalue weighted by Gasteiger charge is -2.04. The first-order chi connectivity index (χ1) is 9.82. The van der Waals surface area contributed by atoms with Crippen LogP contribution in [0, 0.1) is 20.2 Å². The summed E-state index contributed by atoms with van der Waals surface area (Å²) in [6.07, 6.45) is 0. The van der Waals surface area contributed by atoms with Crippen LogP contribution in [0.1, 0.15) is 0 Å². The number of benzene rings is 2. The summed E-state index contributed by atoms with van der Waals surface area (Å²) in [5.41, 5.74) is -0.592. The molecule has 108 valence electrons. The van der Waals surface area contributed by atoms with Crippen molar-refractivity contribution in [3.8, 4) is 0 Å². The summed E-state index contributed by atoms with van der Waals surface area (Å²) >= 11 is 0. The van der Waals surface area contributed by atoms with Crippen molar-refractivity contribution in [2.45, 2.75) is 9.79 Å². The molecule has 0 atom stereocenters. The molecule has 2 aromatic carbocycles. The van der Waals surface area contributed by atoms with E-state index in [1.54, 1.807) is 0 Å². The fourth-order valence-corrected chi connectivity index (χ4v) is 2.95. The highest BCUT2D eigenvalue weighted by Gasteiger charge is 2.21. The number of nitro benzene ring substituents is 2. The van der Waals surface area contributed by atoms with Crippen molar-refractivity contribution in [1.82, 2.24) is 0 Å². The van der Waals surface area contributed by atoms with Crippen LogP contribution in [0.25, 0.3) is 0 Å². The predicted molar refractivity (Wildman–Crippen MR) is 71.6 cm³/mol. The van der Waals surface area contributed by atoms with E-state index in [2.05, 4.69) is 0 Å². The highest BCUT2D eigenvalue weighted by atomic mass is 32.2. The molecule has 0 unspecified atom stereocenters. The summed E-state index contributed by atoms with van der Waals surface area (Å²) in [5, 5.41) is 21.2. The van der Waals surface area contributed by atoms with Gasteiger partial charge in [0.15, 0.2) is 0 Å². The van der Waals surface area contributed by atoms with Crippen LogP contribution in [-0.2, 0) is 9.84 Å². The second-order valence-corrected chi connectivity index (χ2v) is 5.96. The molecule has 0 aliphatic rings. The highest BCUT2D eigenvalue weighted by Crippen LogP contribution is 2.25. The first-order valence-corrected chi connectivity index (χ1v) is 7.04. The smallest absolute Gasteiger partial charge is 0.258 e. The van der Waals surface area contributed by atoms with Gasteiger partial charge in [-0.3, -0.25) is 20.2 Å². The zero-order valence-electron chi connectivity index (χ0n) is 10.4. The summed E-state index contributed by atoms with van der Waals surface area (Å²) < 4.78 is 24.6. The molecular weight excluding hydrogens is 300 g/mol. The van der Waals surface area contributed by atoms with Gasteiger partial charge in [-0.2, -0.15) is 0 Å². The van der Waals surface area contributed by atoms with Crippen LogP contribution >= 0.6 is 0 Å². The van der Waals surface area contributed by atoms with Crippen LogP contribution in [0.3, 0.4) is 0 Å². The maximum atomic E-state index is 12.3. The fourth-order valence-electron chi connectivity index (χ4n) is 1.65. The zero-order valence-corrected chi connectivity index (χ0v) is 11.2. The van der Waals surface area contributed by atoms with Crippen LogP contribution < -0.4 is 0 Å². The van der Waals surface area contributed by atoms with Crippen molar-refractivity contribution in [2.24, 2.45) is 0 Å². The van der Waals surface area contributed by atoms with Crippen LogP contribution in [0.5, 0.6) is 0 Å². The van der Waals surface area contributed by atoms with Crippen molar-refractivity contribution in [3.05, 3.63) is 68.8 Å². The second-order valence-electron chi connectivity index (χ2n) is 4.01. The molecule has 2 aromatic rings. The van der Waals surface area contributed by atoms with Crippen molar-refractivity contribution in [1.29, 1.82) is 0 Å². The second kappa shape index (κ2) is 5.29. The van der Waals surface area contributed by atoms with E-state index in [9.17, 15) is 28.6 Å². The first-order valence-electron chi connectivity index (χ1n) is 5.56. The summed E-state index contributed by atoms with van der Waals surface area (Å²) in [4.78, 5) is 19.4. The summed E-state index contributed by atoms with van der Waals surface area (Å²) in [6.45, 7) is 0. The van der Waals surface area contributed by atoms with Gasteiger partial charge in [0.05, 0.1) is 19.6 Å². The lowest BCUT2D eigenvalue weighted by Crippen LogP contribution is -2.03. The topological polar surface area (TPSA) is 120 Å². The third-order valence-electron chi connectivity index (χ3n) is 2.70. The number of rotatable bonds is 4. The van der Waals surface area contributed by atoms with Gasteiger partial charge < -0.3 is 0 Å². The average molecular weight is 308 g/mol. The van der Waals surface area contributed by atoms with Crippen LogP contribution in [0.4, 0.5) is 11.4 Å². The van der Waals surface area contributed by atoms with Gasteiger partial charge in [0, 0.05) is 24.3 Å². The zero-order chi connectivity index (χ0) is 15.6. The van der Waals surface area contributed by atoms with Crippen LogP contribution in [-0.4, -0.2) is 18.3 Å². The standard InChI is InChI=1S/C12H8N2O6S/c15-13(16)9-4-6-11(7-5-9)21(19,20)12-3-1-2-10(8-12)14(17)18/h1-8H. The SMILES string of the molecule is O=[N+]([O-])c1ccc(S(=O)(=O)c2cccc([N+](=O)[O-])c2)cc1. The summed E-state index contributed by atoms with van der Waals surface area (Å²) in [7, 11) is -3.96. The Hall–Kier alpha value is -2.81. The Morgan fingerprint density at radius 2 is 1.33 bits per heavy atom. The third kappa shape index (κ3) is 2.87. The Kier molecular flexibility index (Phi) is 3.68. The largest absolute Gasteiger partial charge is 0.270 e. The quantitative estimate of drug-likeness (QED) is 0.631. The van der Waals surface area contributed by atoms with E-state index in [1.807, 2.05) is 0 Å². The molecule has 0 N–H and O–H groups in total. The van der Waals surface area contributed by atoms with Gasteiger partial charge in [-0.05, 0) is 18.2 Å². The van der Waals surface area contributed by atoms with E-state index in [4.69, 9.17) is 0 Å². The molecule has 21 heavy (non-hydrogen) atoms. The van der Waals surface area contributed by atoms with E-state index in [0.717, 1.165) is 30.3 Å². The maximum absolute atomic E-state index is 12.3.